The highest BCUT2D eigenvalue weighted by molar-refractivity contribution is 6.18. The Morgan fingerprint density at radius 3 is 2.26 bits per heavy atom. The quantitative estimate of drug-likeness (QED) is 0.312. The summed E-state index contributed by atoms with van der Waals surface area (Å²) >= 11 is 0. The average molecular weight is 413 g/mol. The predicted molar refractivity (Wildman–Crippen MR) is 120 cm³/mol. The van der Waals surface area contributed by atoms with Crippen LogP contribution >= 0.6 is 0 Å². The third-order valence-corrected chi connectivity index (χ3v) is 5.11. The molecule has 0 saturated carbocycles. The molecule has 4 rings (SSSR count). The van der Waals surface area contributed by atoms with Crippen molar-refractivity contribution in [3.63, 3.8) is 0 Å². The first kappa shape index (κ1) is 20.4. The molecule has 0 radical (unpaired) electrons. The molecule has 156 valence electrons. The smallest absolute Gasteiger partial charge is 0.344 e. The van der Waals surface area contributed by atoms with Gasteiger partial charge in [-0.25, -0.2) is 4.79 Å². The van der Waals surface area contributed by atoms with Crippen LogP contribution in [0.1, 0.15) is 28.5 Å². The van der Waals surface area contributed by atoms with Crippen molar-refractivity contribution < 1.29 is 19.1 Å². The first-order chi connectivity index (χ1) is 15.1. The molecule has 1 heterocycles. The third-order valence-electron chi connectivity index (χ3n) is 5.11. The number of para-hydroxylation sites is 1. The SMILES string of the molecule is CCOC(=O)COc1ccc2c(c1)c(C(=O)c1ccccc1)c(C)n2-c1ccccc1. The van der Waals surface area contributed by atoms with E-state index >= 15 is 0 Å². The van der Waals surface area contributed by atoms with Gasteiger partial charge in [0.2, 0.25) is 0 Å². The minimum atomic E-state index is -0.429. The Morgan fingerprint density at radius 2 is 1.58 bits per heavy atom. The Bertz CT molecular complexity index is 1230. The van der Waals surface area contributed by atoms with E-state index < -0.39 is 5.97 Å². The van der Waals surface area contributed by atoms with Gasteiger partial charge in [0.25, 0.3) is 0 Å². The number of fused-ring (bicyclic) bond motifs is 1. The second-order valence-electron chi connectivity index (χ2n) is 7.10. The monoisotopic (exact) mass is 413 g/mol. The van der Waals surface area contributed by atoms with Crippen molar-refractivity contribution in [2.45, 2.75) is 13.8 Å². The summed E-state index contributed by atoms with van der Waals surface area (Å²) in [6, 6.07) is 24.7. The minimum absolute atomic E-state index is 0.0553. The van der Waals surface area contributed by atoms with Crippen molar-refractivity contribution in [1.29, 1.82) is 0 Å². The Morgan fingerprint density at radius 1 is 0.903 bits per heavy atom. The summed E-state index contributed by atoms with van der Waals surface area (Å²) < 4.78 is 12.6. The zero-order valence-corrected chi connectivity index (χ0v) is 17.5. The number of benzene rings is 3. The molecule has 0 atom stereocenters. The summed E-state index contributed by atoms with van der Waals surface area (Å²) in [6.07, 6.45) is 0. The van der Waals surface area contributed by atoms with Gasteiger partial charge in [0.05, 0.1) is 17.7 Å². The molecule has 5 heteroatoms. The zero-order valence-electron chi connectivity index (χ0n) is 17.5. The summed E-state index contributed by atoms with van der Waals surface area (Å²) in [5.41, 5.74) is 3.95. The average Bonchev–Trinajstić information content (AvgIpc) is 3.09. The molecule has 0 N–H and O–H groups in total. The van der Waals surface area contributed by atoms with E-state index in [1.807, 2.05) is 79.7 Å². The van der Waals surface area contributed by atoms with Gasteiger partial charge >= 0.3 is 5.97 Å². The van der Waals surface area contributed by atoms with Crippen LogP contribution in [-0.4, -0.2) is 29.5 Å². The lowest BCUT2D eigenvalue weighted by Gasteiger charge is -2.09. The van der Waals surface area contributed by atoms with Crippen molar-refractivity contribution in [3.05, 3.63) is 95.7 Å². The molecule has 5 nitrogen and oxygen atoms in total. The Labute approximate surface area is 180 Å². The van der Waals surface area contributed by atoms with Crippen molar-refractivity contribution >= 4 is 22.7 Å². The van der Waals surface area contributed by atoms with Gasteiger partial charge in [0, 0.05) is 22.3 Å². The van der Waals surface area contributed by atoms with E-state index in [0.29, 0.717) is 23.5 Å². The maximum Gasteiger partial charge on any atom is 0.344 e. The minimum Gasteiger partial charge on any atom is -0.482 e. The largest absolute Gasteiger partial charge is 0.482 e. The molecule has 0 bridgehead atoms. The standard InChI is InChI=1S/C26H23NO4/c1-3-30-24(28)17-31-21-14-15-23-22(16-21)25(26(29)19-10-6-4-7-11-19)18(2)27(23)20-12-8-5-9-13-20/h4-16H,3,17H2,1-2H3. The molecule has 0 fully saturated rings. The second-order valence-corrected chi connectivity index (χ2v) is 7.10. The number of rotatable bonds is 7. The first-order valence-electron chi connectivity index (χ1n) is 10.2. The number of ketones is 1. The fraction of sp³-hybridized carbons (Fsp3) is 0.154. The summed E-state index contributed by atoms with van der Waals surface area (Å²) in [4.78, 5) is 25.1. The number of esters is 1. The second kappa shape index (κ2) is 8.88. The lowest BCUT2D eigenvalue weighted by molar-refractivity contribution is -0.145. The molecular weight excluding hydrogens is 390 g/mol. The van der Waals surface area contributed by atoms with Crippen LogP contribution in [0, 0.1) is 6.92 Å². The molecule has 0 unspecified atom stereocenters. The number of hydrogen-bond acceptors (Lipinski definition) is 4. The molecule has 0 spiro atoms. The number of nitrogens with zero attached hydrogens (tertiary/aromatic N) is 1. The lowest BCUT2D eigenvalue weighted by Crippen LogP contribution is -2.14. The van der Waals surface area contributed by atoms with E-state index in [-0.39, 0.29) is 12.4 Å². The highest BCUT2D eigenvalue weighted by Crippen LogP contribution is 2.33. The summed E-state index contributed by atoms with van der Waals surface area (Å²) in [5.74, 6) is 0.0226. The normalized spacial score (nSPS) is 10.8. The van der Waals surface area contributed by atoms with Crippen LogP contribution in [0.4, 0.5) is 0 Å². The van der Waals surface area contributed by atoms with Gasteiger partial charge in [-0.3, -0.25) is 4.79 Å². The van der Waals surface area contributed by atoms with Crippen molar-refractivity contribution in [1.82, 2.24) is 4.57 Å². The number of ether oxygens (including phenoxy) is 2. The van der Waals surface area contributed by atoms with Crippen LogP contribution in [0.25, 0.3) is 16.6 Å². The molecule has 4 aromatic rings. The highest BCUT2D eigenvalue weighted by atomic mass is 16.6. The van der Waals surface area contributed by atoms with E-state index in [0.717, 1.165) is 22.3 Å². The van der Waals surface area contributed by atoms with Gasteiger partial charge in [-0.1, -0.05) is 48.5 Å². The molecule has 31 heavy (non-hydrogen) atoms. The Hall–Kier alpha value is -3.86. The molecule has 3 aromatic carbocycles. The van der Waals surface area contributed by atoms with E-state index in [9.17, 15) is 9.59 Å². The highest BCUT2D eigenvalue weighted by Gasteiger charge is 2.22. The van der Waals surface area contributed by atoms with Gasteiger partial charge < -0.3 is 14.0 Å². The number of carbonyl (C=O) groups excluding carboxylic acids is 2. The fourth-order valence-corrected chi connectivity index (χ4v) is 3.76. The zero-order chi connectivity index (χ0) is 21.8. The van der Waals surface area contributed by atoms with Crippen LogP contribution in [0.5, 0.6) is 5.75 Å². The van der Waals surface area contributed by atoms with Gasteiger partial charge in [-0.15, -0.1) is 0 Å². The summed E-state index contributed by atoms with van der Waals surface area (Å²) in [7, 11) is 0. The predicted octanol–water partition coefficient (Wildman–Crippen LogP) is 5.11. The van der Waals surface area contributed by atoms with Crippen LogP contribution in [-0.2, 0) is 9.53 Å². The summed E-state index contributed by atoms with van der Waals surface area (Å²) in [6.45, 7) is 3.82. The van der Waals surface area contributed by atoms with E-state index in [1.54, 1.807) is 13.0 Å². The number of hydrogen-bond donors (Lipinski definition) is 0. The first-order valence-corrected chi connectivity index (χ1v) is 10.2. The maximum absolute atomic E-state index is 13.5. The molecule has 1 aromatic heterocycles. The topological polar surface area (TPSA) is 57.5 Å². The molecule has 0 saturated heterocycles. The lowest BCUT2D eigenvalue weighted by atomic mass is 10.0. The Kier molecular flexibility index (Phi) is 5.85. The van der Waals surface area contributed by atoms with Crippen molar-refractivity contribution in [2.24, 2.45) is 0 Å². The molecule has 0 amide bonds. The van der Waals surface area contributed by atoms with Gasteiger partial charge in [-0.05, 0) is 44.2 Å². The number of carbonyl (C=O) groups is 2. The van der Waals surface area contributed by atoms with Crippen molar-refractivity contribution in [2.75, 3.05) is 13.2 Å². The van der Waals surface area contributed by atoms with Crippen LogP contribution in [0.15, 0.2) is 78.9 Å². The van der Waals surface area contributed by atoms with Crippen LogP contribution < -0.4 is 4.74 Å². The molecule has 0 aliphatic heterocycles. The Balaban J connectivity index is 1.85. The maximum atomic E-state index is 13.5. The molecular formula is C26H23NO4. The van der Waals surface area contributed by atoms with Gasteiger partial charge in [0.15, 0.2) is 12.4 Å². The van der Waals surface area contributed by atoms with Crippen LogP contribution in [0.3, 0.4) is 0 Å². The molecule has 0 aliphatic rings. The van der Waals surface area contributed by atoms with E-state index in [4.69, 9.17) is 9.47 Å². The number of aromatic nitrogens is 1. The van der Waals surface area contributed by atoms with Gasteiger partial charge in [0.1, 0.15) is 5.75 Å². The van der Waals surface area contributed by atoms with E-state index in [1.165, 1.54) is 0 Å². The summed E-state index contributed by atoms with van der Waals surface area (Å²) in [5, 5.41) is 0.775. The molecule has 0 aliphatic carbocycles. The third kappa shape index (κ3) is 4.08. The van der Waals surface area contributed by atoms with Crippen molar-refractivity contribution in [3.8, 4) is 11.4 Å². The van der Waals surface area contributed by atoms with E-state index in [2.05, 4.69) is 4.57 Å². The van der Waals surface area contributed by atoms with Gasteiger partial charge in [-0.2, -0.15) is 0 Å². The van der Waals surface area contributed by atoms with Crippen LogP contribution in [0.2, 0.25) is 0 Å². The fourth-order valence-electron chi connectivity index (χ4n) is 3.76.